The smallest absolute Gasteiger partial charge is 0.344 e. The molecule has 0 spiro atoms. The maximum atomic E-state index is 13.1. The van der Waals surface area contributed by atoms with Crippen molar-refractivity contribution in [2.45, 2.75) is 45.6 Å². The van der Waals surface area contributed by atoms with E-state index in [0.717, 1.165) is 5.56 Å². The largest absolute Gasteiger partial charge is 0.382 e. The van der Waals surface area contributed by atoms with E-state index in [1.54, 1.807) is 5.48 Å². The Morgan fingerprint density at radius 3 is 2.44 bits per heavy atom. The molecule has 10 heteroatoms. The summed E-state index contributed by atoms with van der Waals surface area (Å²) in [5, 5.41) is 12.3. The van der Waals surface area contributed by atoms with Gasteiger partial charge in [0.25, 0.3) is 5.91 Å². The molecular weight excluding hydrogens is 416 g/mol. The van der Waals surface area contributed by atoms with Gasteiger partial charge in [-0.15, -0.1) is 0 Å². The second-order valence-electron chi connectivity index (χ2n) is 8.30. The van der Waals surface area contributed by atoms with Crippen molar-refractivity contribution in [1.82, 2.24) is 21.2 Å². The van der Waals surface area contributed by atoms with Gasteiger partial charge in [-0.25, -0.2) is 10.3 Å². The molecule has 0 bridgehead atoms. The molecule has 1 saturated heterocycles. The summed E-state index contributed by atoms with van der Waals surface area (Å²) >= 11 is 0. The molecular formula is C22H32N4O6. The van der Waals surface area contributed by atoms with E-state index < -0.39 is 41.6 Å². The van der Waals surface area contributed by atoms with Gasteiger partial charge in [0.2, 0.25) is 11.8 Å². The van der Waals surface area contributed by atoms with Crippen LogP contribution in [0.25, 0.3) is 0 Å². The van der Waals surface area contributed by atoms with Crippen molar-refractivity contribution in [3.8, 4) is 0 Å². The van der Waals surface area contributed by atoms with Crippen LogP contribution in [0, 0.1) is 17.8 Å². The highest BCUT2D eigenvalue weighted by molar-refractivity contribution is 6.05. The van der Waals surface area contributed by atoms with E-state index in [1.807, 2.05) is 44.2 Å². The van der Waals surface area contributed by atoms with Gasteiger partial charge < -0.3 is 10.1 Å². The quantitative estimate of drug-likeness (QED) is 0.217. The van der Waals surface area contributed by atoms with E-state index >= 15 is 0 Å². The van der Waals surface area contributed by atoms with Crippen LogP contribution in [-0.2, 0) is 25.5 Å². The fraction of sp³-hybridized carbons (Fsp3) is 0.545. The number of benzene rings is 1. The van der Waals surface area contributed by atoms with Crippen LogP contribution in [0.1, 0.15) is 38.7 Å². The van der Waals surface area contributed by atoms with Crippen LogP contribution in [0.3, 0.4) is 0 Å². The van der Waals surface area contributed by atoms with Crippen LogP contribution < -0.4 is 16.2 Å². The number of aryl methyl sites for hydroxylation is 1. The van der Waals surface area contributed by atoms with E-state index in [4.69, 9.17) is 4.74 Å². The average molecular weight is 449 g/mol. The molecule has 1 aromatic rings. The lowest BCUT2D eigenvalue weighted by molar-refractivity contribution is -0.145. The fourth-order valence-electron chi connectivity index (χ4n) is 3.84. The lowest BCUT2D eigenvalue weighted by Crippen LogP contribution is -2.51. The van der Waals surface area contributed by atoms with Crippen molar-refractivity contribution in [3.05, 3.63) is 35.9 Å². The molecule has 0 radical (unpaired) electrons. The Kier molecular flexibility index (Phi) is 9.61. The fourth-order valence-corrected chi connectivity index (χ4v) is 3.84. The van der Waals surface area contributed by atoms with E-state index in [2.05, 4.69) is 10.7 Å². The van der Waals surface area contributed by atoms with E-state index in [-0.39, 0.29) is 12.5 Å². The summed E-state index contributed by atoms with van der Waals surface area (Å²) in [5.41, 5.74) is 5.12. The molecule has 10 nitrogen and oxygen atoms in total. The predicted octanol–water partition coefficient (Wildman–Crippen LogP) is 1.39. The van der Waals surface area contributed by atoms with Crippen molar-refractivity contribution in [2.75, 3.05) is 13.7 Å². The van der Waals surface area contributed by atoms with Crippen LogP contribution in [0.5, 0.6) is 0 Å². The Morgan fingerprint density at radius 1 is 1.16 bits per heavy atom. The lowest BCUT2D eigenvalue weighted by Gasteiger charge is -2.27. The Labute approximate surface area is 187 Å². The van der Waals surface area contributed by atoms with Crippen molar-refractivity contribution >= 4 is 23.8 Å². The minimum Gasteiger partial charge on any atom is -0.382 e. The topological polar surface area (TPSA) is 137 Å². The number of nitrogens with one attached hydrogen (secondary N) is 3. The molecule has 2 rings (SSSR count). The number of amides is 5. The molecule has 1 aromatic carbocycles. The van der Waals surface area contributed by atoms with Gasteiger partial charge in [0.05, 0.1) is 18.4 Å². The van der Waals surface area contributed by atoms with Gasteiger partial charge in [-0.05, 0) is 37.2 Å². The average Bonchev–Trinajstić information content (AvgIpc) is 3.03. The molecule has 1 aliphatic rings. The summed E-state index contributed by atoms with van der Waals surface area (Å²) in [4.78, 5) is 50.1. The number of nitrogens with zero attached hydrogens (tertiary/aromatic N) is 1. The summed E-state index contributed by atoms with van der Waals surface area (Å²) in [6, 6.07) is 8.08. The first-order valence-corrected chi connectivity index (χ1v) is 10.7. The molecule has 1 aliphatic heterocycles. The van der Waals surface area contributed by atoms with Crippen LogP contribution >= 0.6 is 0 Å². The number of hydroxylamine groups is 1. The second kappa shape index (κ2) is 12.2. The summed E-state index contributed by atoms with van der Waals surface area (Å²) < 4.78 is 4.91. The van der Waals surface area contributed by atoms with Crippen molar-refractivity contribution in [3.63, 3.8) is 0 Å². The zero-order valence-electron chi connectivity index (χ0n) is 18.7. The molecule has 32 heavy (non-hydrogen) atoms. The standard InChI is InChI=1S/C22H32N4O6/c1-14(2)12-17(19(27)24-26-21(29)18(13-32-3)23-22(26)30)16(20(28)25-31)11-7-10-15-8-5-4-6-9-15/h4-6,8-9,14,16-18,31H,7,10-13H2,1-3H3,(H,23,30)(H,24,27)(H,25,28)/t16-,17+,18-/m0/s1. The maximum Gasteiger partial charge on any atom is 0.344 e. The molecule has 5 amide bonds. The van der Waals surface area contributed by atoms with E-state index in [9.17, 15) is 24.4 Å². The molecule has 4 N–H and O–H groups in total. The zero-order valence-corrected chi connectivity index (χ0v) is 18.7. The predicted molar refractivity (Wildman–Crippen MR) is 115 cm³/mol. The summed E-state index contributed by atoms with van der Waals surface area (Å²) in [6.45, 7) is 3.78. The van der Waals surface area contributed by atoms with Crippen LogP contribution in [-0.4, -0.2) is 53.7 Å². The Hall–Kier alpha value is -2.98. The molecule has 0 saturated carbocycles. The van der Waals surface area contributed by atoms with Crippen molar-refractivity contribution in [2.24, 2.45) is 17.8 Å². The lowest BCUT2D eigenvalue weighted by atomic mass is 9.81. The first kappa shape index (κ1) is 25.3. The van der Waals surface area contributed by atoms with Gasteiger partial charge >= 0.3 is 6.03 Å². The normalized spacial score (nSPS) is 17.8. The van der Waals surface area contributed by atoms with Gasteiger partial charge in [0.1, 0.15) is 6.04 Å². The zero-order chi connectivity index (χ0) is 23.7. The van der Waals surface area contributed by atoms with Gasteiger partial charge in [0, 0.05) is 7.11 Å². The molecule has 0 aliphatic carbocycles. The number of carbonyl (C=O) groups is 4. The summed E-state index contributed by atoms with van der Waals surface area (Å²) in [5.74, 6) is -3.57. The number of urea groups is 1. The molecule has 0 aromatic heterocycles. The van der Waals surface area contributed by atoms with E-state index in [1.165, 1.54) is 7.11 Å². The number of methoxy groups -OCH3 is 1. The van der Waals surface area contributed by atoms with E-state index in [0.29, 0.717) is 30.7 Å². The number of carbonyl (C=O) groups excluding carboxylic acids is 4. The van der Waals surface area contributed by atoms with Crippen LogP contribution in [0.4, 0.5) is 4.79 Å². The summed E-state index contributed by atoms with van der Waals surface area (Å²) in [7, 11) is 1.40. The molecule has 0 unspecified atom stereocenters. The third-order valence-electron chi connectivity index (χ3n) is 5.39. The van der Waals surface area contributed by atoms with Crippen LogP contribution in [0.2, 0.25) is 0 Å². The number of imide groups is 1. The second-order valence-corrected chi connectivity index (χ2v) is 8.30. The first-order chi connectivity index (χ1) is 15.3. The maximum absolute atomic E-state index is 13.1. The third-order valence-corrected chi connectivity index (χ3v) is 5.39. The van der Waals surface area contributed by atoms with Crippen molar-refractivity contribution < 1.29 is 29.1 Å². The first-order valence-electron chi connectivity index (χ1n) is 10.7. The minimum absolute atomic E-state index is 0.0264. The van der Waals surface area contributed by atoms with Crippen LogP contribution in [0.15, 0.2) is 30.3 Å². The molecule has 1 heterocycles. The SMILES string of the molecule is COC[C@@H]1NC(=O)N(NC(=O)[C@H](CC(C)C)[C@H](CCCc2ccccc2)C(=O)NO)C1=O. The van der Waals surface area contributed by atoms with Gasteiger partial charge in [0.15, 0.2) is 0 Å². The number of rotatable bonds is 12. The Bertz CT molecular complexity index is 801. The highest BCUT2D eigenvalue weighted by atomic mass is 16.5. The molecule has 176 valence electrons. The minimum atomic E-state index is -0.890. The molecule has 3 atom stereocenters. The third kappa shape index (κ3) is 6.76. The Balaban J connectivity index is 2.13. The summed E-state index contributed by atoms with van der Waals surface area (Å²) in [6.07, 6.45) is 2.00. The number of hydrogen-bond acceptors (Lipinski definition) is 6. The van der Waals surface area contributed by atoms with Gasteiger partial charge in [-0.1, -0.05) is 44.2 Å². The van der Waals surface area contributed by atoms with Gasteiger partial charge in [-0.2, -0.15) is 5.01 Å². The van der Waals surface area contributed by atoms with Gasteiger partial charge in [-0.3, -0.25) is 25.0 Å². The Morgan fingerprint density at radius 2 is 1.84 bits per heavy atom. The molecule has 1 fully saturated rings. The van der Waals surface area contributed by atoms with Crippen molar-refractivity contribution in [1.29, 1.82) is 0 Å². The number of hydrogen-bond donors (Lipinski definition) is 4. The number of hydrazine groups is 1. The number of ether oxygens (including phenoxy) is 1. The monoisotopic (exact) mass is 448 g/mol. The highest BCUT2D eigenvalue weighted by Gasteiger charge is 2.42. The highest BCUT2D eigenvalue weighted by Crippen LogP contribution is 2.27.